The molecule has 0 bridgehead atoms. The molecule has 0 saturated carbocycles. The van der Waals surface area contributed by atoms with Crippen molar-refractivity contribution in [1.82, 2.24) is 14.5 Å². The lowest BCUT2D eigenvalue weighted by molar-refractivity contribution is 0.203. The van der Waals surface area contributed by atoms with E-state index in [2.05, 4.69) is 15.3 Å². The van der Waals surface area contributed by atoms with Gasteiger partial charge in [0.15, 0.2) is 5.65 Å². The Morgan fingerprint density at radius 3 is 2.38 bits per heavy atom. The van der Waals surface area contributed by atoms with Gasteiger partial charge in [0, 0.05) is 6.07 Å². The zero-order valence-corrected chi connectivity index (χ0v) is 13.2. The number of rotatable bonds is 5. The molecule has 0 radical (unpaired) electrons. The number of halogens is 2. The number of aromatic nitrogens is 3. The molecular weight excluding hydrogens is 350 g/mol. The van der Waals surface area contributed by atoms with Gasteiger partial charge in [0.25, 0.3) is 11.1 Å². The topological polar surface area (TPSA) is 120 Å². The Bertz CT molecular complexity index is 1060. The molecule has 1 aromatic carbocycles. The third-order valence-electron chi connectivity index (χ3n) is 3.70. The second kappa shape index (κ2) is 7.02. The van der Waals surface area contributed by atoms with E-state index >= 15 is 0 Å². The van der Waals surface area contributed by atoms with Gasteiger partial charge in [-0.05, 0) is 18.2 Å². The fraction of sp³-hybridized carbons (Fsp3) is 0.188. The van der Waals surface area contributed by atoms with Crippen LogP contribution < -0.4 is 16.4 Å². The molecule has 0 atom stereocenters. The van der Waals surface area contributed by atoms with Gasteiger partial charge in [-0.25, -0.2) is 8.78 Å². The van der Waals surface area contributed by atoms with Crippen LogP contribution in [0.4, 0.5) is 14.7 Å². The Balaban J connectivity index is 2.33. The summed E-state index contributed by atoms with van der Waals surface area (Å²) in [4.78, 5) is 30.9. The van der Waals surface area contributed by atoms with Gasteiger partial charge in [-0.2, -0.15) is 4.98 Å². The summed E-state index contributed by atoms with van der Waals surface area (Å²) < 4.78 is 29.0. The highest BCUT2D eigenvalue weighted by Gasteiger charge is 2.18. The van der Waals surface area contributed by atoms with Crippen LogP contribution in [-0.4, -0.2) is 44.0 Å². The highest BCUT2D eigenvalue weighted by Crippen LogP contribution is 2.19. The van der Waals surface area contributed by atoms with Crippen LogP contribution in [-0.2, 0) is 0 Å². The van der Waals surface area contributed by atoms with Crippen LogP contribution in [0.15, 0.2) is 39.9 Å². The molecule has 3 aromatic rings. The van der Waals surface area contributed by atoms with Crippen molar-refractivity contribution in [2.75, 3.05) is 18.5 Å². The molecule has 3 rings (SSSR count). The monoisotopic (exact) mass is 364 g/mol. The van der Waals surface area contributed by atoms with E-state index in [-0.39, 0.29) is 17.0 Å². The van der Waals surface area contributed by atoms with Crippen molar-refractivity contribution in [1.29, 1.82) is 0 Å². The highest BCUT2D eigenvalue weighted by molar-refractivity contribution is 5.76. The maximum Gasteiger partial charge on any atom is 0.261 e. The Morgan fingerprint density at radius 2 is 1.77 bits per heavy atom. The fourth-order valence-electron chi connectivity index (χ4n) is 2.45. The van der Waals surface area contributed by atoms with Gasteiger partial charge in [0.2, 0.25) is 5.95 Å². The van der Waals surface area contributed by atoms with E-state index in [0.29, 0.717) is 4.57 Å². The Kier molecular flexibility index (Phi) is 4.78. The number of anilines is 1. The van der Waals surface area contributed by atoms with Gasteiger partial charge in [0.05, 0.1) is 24.6 Å². The molecule has 136 valence electrons. The minimum atomic E-state index is -1.00. The molecule has 0 aliphatic rings. The highest BCUT2D eigenvalue weighted by atomic mass is 19.1. The van der Waals surface area contributed by atoms with E-state index in [0.717, 1.165) is 24.3 Å². The van der Waals surface area contributed by atoms with Crippen molar-refractivity contribution < 1.29 is 19.0 Å². The van der Waals surface area contributed by atoms with E-state index in [1.807, 2.05) is 0 Å². The van der Waals surface area contributed by atoms with Crippen LogP contribution in [0.5, 0.6) is 0 Å². The summed E-state index contributed by atoms with van der Waals surface area (Å²) in [5.41, 5.74) is -2.39. The van der Waals surface area contributed by atoms with Crippen molar-refractivity contribution >= 4 is 17.0 Å². The van der Waals surface area contributed by atoms with Crippen LogP contribution >= 0.6 is 0 Å². The first-order chi connectivity index (χ1) is 12.5. The molecule has 0 amide bonds. The second-order valence-corrected chi connectivity index (χ2v) is 5.44. The summed E-state index contributed by atoms with van der Waals surface area (Å²) in [5.74, 6) is -2.17. The second-order valence-electron chi connectivity index (χ2n) is 5.44. The molecule has 0 spiro atoms. The molecule has 0 aliphatic heterocycles. The molecule has 26 heavy (non-hydrogen) atoms. The number of aliphatic hydroxyl groups excluding tert-OH is 2. The number of nitrogens with one attached hydrogen (secondary N) is 2. The van der Waals surface area contributed by atoms with Crippen LogP contribution in [0.25, 0.3) is 16.7 Å². The number of hydrogen-bond acceptors (Lipinski definition) is 6. The number of para-hydroxylation sites is 1. The van der Waals surface area contributed by atoms with Gasteiger partial charge < -0.3 is 15.5 Å². The number of H-pyrrole nitrogens is 1. The van der Waals surface area contributed by atoms with Crippen molar-refractivity contribution in [2.24, 2.45) is 0 Å². The molecule has 8 nitrogen and oxygen atoms in total. The first kappa shape index (κ1) is 17.7. The van der Waals surface area contributed by atoms with Crippen LogP contribution in [0.1, 0.15) is 0 Å². The maximum absolute atomic E-state index is 14.2. The van der Waals surface area contributed by atoms with Crippen molar-refractivity contribution in [2.45, 2.75) is 6.04 Å². The number of hydrogen-bond donors (Lipinski definition) is 4. The summed E-state index contributed by atoms with van der Waals surface area (Å²) in [7, 11) is 0. The zero-order valence-electron chi connectivity index (χ0n) is 13.2. The Labute approximate surface area is 144 Å². The normalized spacial score (nSPS) is 11.3. The van der Waals surface area contributed by atoms with Crippen molar-refractivity contribution in [3.8, 4) is 5.69 Å². The molecule has 4 N–H and O–H groups in total. The van der Waals surface area contributed by atoms with E-state index in [1.54, 1.807) is 0 Å². The van der Waals surface area contributed by atoms with Crippen LogP contribution in [0, 0.1) is 11.6 Å². The Morgan fingerprint density at radius 1 is 1.12 bits per heavy atom. The molecule has 10 heteroatoms. The third-order valence-corrected chi connectivity index (χ3v) is 3.70. The van der Waals surface area contributed by atoms with Gasteiger partial charge in [-0.1, -0.05) is 6.07 Å². The summed E-state index contributed by atoms with van der Waals surface area (Å²) >= 11 is 0. The fourth-order valence-corrected chi connectivity index (χ4v) is 2.45. The number of aliphatic hydroxyl groups is 2. The SMILES string of the molecule is O=c1[nH]c(NC(CO)CO)nc2c1ccc(=O)n2-c1c(F)cccc1F. The summed E-state index contributed by atoms with van der Waals surface area (Å²) in [6.45, 7) is -0.913. The maximum atomic E-state index is 14.2. The minimum Gasteiger partial charge on any atom is -0.394 e. The molecule has 2 aromatic heterocycles. The van der Waals surface area contributed by atoms with Gasteiger partial charge in [-0.15, -0.1) is 0 Å². The number of fused-ring (bicyclic) bond motifs is 1. The van der Waals surface area contributed by atoms with Crippen LogP contribution in [0.3, 0.4) is 0 Å². The van der Waals surface area contributed by atoms with Gasteiger partial charge in [-0.3, -0.25) is 19.1 Å². The van der Waals surface area contributed by atoms with E-state index < -0.39 is 47.7 Å². The summed E-state index contributed by atoms with van der Waals surface area (Å²) in [6, 6.07) is 4.46. The lowest BCUT2D eigenvalue weighted by atomic mass is 10.2. The largest absolute Gasteiger partial charge is 0.394 e. The molecule has 0 fully saturated rings. The van der Waals surface area contributed by atoms with E-state index in [4.69, 9.17) is 10.2 Å². The molecule has 0 aliphatic carbocycles. The summed E-state index contributed by atoms with van der Waals surface area (Å²) in [5, 5.41) is 20.7. The number of nitrogens with zero attached hydrogens (tertiary/aromatic N) is 2. The summed E-state index contributed by atoms with van der Waals surface area (Å²) in [6.07, 6.45) is 0. The van der Waals surface area contributed by atoms with E-state index in [9.17, 15) is 18.4 Å². The first-order valence-electron chi connectivity index (χ1n) is 7.55. The van der Waals surface area contributed by atoms with Gasteiger partial charge >= 0.3 is 0 Å². The molecular formula is C16H14F2N4O4. The molecule has 2 heterocycles. The van der Waals surface area contributed by atoms with Crippen molar-refractivity contribution in [3.05, 3.63) is 62.7 Å². The third kappa shape index (κ3) is 3.07. The Hall–Kier alpha value is -3.11. The smallest absolute Gasteiger partial charge is 0.261 e. The zero-order chi connectivity index (χ0) is 18.8. The predicted octanol–water partition coefficient (Wildman–Crippen LogP) is 0.117. The lowest BCUT2D eigenvalue weighted by Gasteiger charge is -2.15. The van der Waals surface area contributed by atoms with Crippen molar-refractivity contribution in [3.63, 3.8) is 0 Å². The number of aromatic amines is 1. The average molecular weight is 364 g/mol. The predicted molar refractivity (Wildman–Crippen MR) is 89.5 cm³/mol. The van der Waals surface area contributed by atoms with E-state index in [1.165, 1.54) is 6.07 Å². The number of pyridine rings is 1. The minimum absolute atomic E-state index is 0.0673. The van der Waals surface area contributed by atoms with Crippen LogP contribution in [0.2, 0.25) is 0 Å². The molecule has 0 saturated heterocycles. The number of benzene rings is 1. The van der Waals surface area contributed by atoms with Gasteiger partial charge in [0.1, 0.15) is 17.3 Å². The quantitative estimate of drug-likeness (QED) is 0.510. The molecule has 0 unspecified atom stereocenters. The average Bonchev–Trinajstić information content (AvgIpc) is 2.61. The standard InChI is InChI=1S/C16H14F2N4O4/c17-10-2-1-3-11(18)13(10)22-12(25)5-4-9-14(22)20-16(21-15(9)26)19-8(6-23)7-24/h1-5,8,23-24H,6-7H2,(H2,19,20,21,26). The first-order valence-corrected chi connectivity index (χ1v) is 7.55. The lowest BCUT2D eigenvalue weighted by Crippen LogP contribution is -2.30.